The van der Waals surface area contributed by atoms with Crippen molar-refractivity contribution in [2.75, 3.05) is 0 Å². The van der Waals surface area contributed by atoms with E-state index in [0.717, 1.165) is 11.1 Å². The van der Waals surface area contributed by atoms with Crippen LogP contribution < -0.4 is 9.47 Å². The molecule has 0 N–H and O–H groups in total. The zero-order valence-electron chi connectivity index (χ0n) is 14.5. The summed E-state index contributed by atoms with van der Waals surface area (Å²) in [4.78, 5) is 0. The second kappa shape index (κ2) is 8.93. The Kier molecular flexibility index (Phi) is 6.37. The van der Waals surface area contributed by atoms with Gasteiger partial charge in [0.15, 0.2) is 0 Å². The summed E-state index contributed by atoms with van der Waals surface area (Å²) in [7, 11) is 1.73. The molecule has 0 radical (unpaired) electrons. The van der Waals surface area contributed by atoms with Crippen LogP contribution in [0.1, 0.15) is 16.7 Å². The Labute approximate surface area is 163 Å². The quantitative estimate of drug-likeness (QED) is 0.502. The zero-order valence-corrected chi connectivity index (χ0v) is 16.1. The second-order valence-corrected chi connectivity index (χ2v) is 8.82. The van der Waals surface area contributed by atoms with Gasteiger partial charge in [-0.1, -0.05) is 60.7 Å². The van der Waals surface area contributed by atoms with E-state index in [0.29, 0.717) is 30.3 Å². The van der Waals surface area contributed by atoms with Crippen LogP contribution in [0.3, 0.4) is 0 Å². The fourth-order valence-corrected chi connectivity index (χ4v) is 3.50. The average molecular weight is 403 g/mol. The van der Waals surface area contributed by atoms with Crippen molar-refractivity contribution < 1.29 is 17.9 Å². The predicted octanol–water partition coefficient (Wildman–Crippen LogP) is 4.91. The molecule has 0 atom stereocenters. The first-order chi connectivity index (χ1) is 13.0. The molecule has 0 fully saturated rings. The van der Waals surface area contributed by atoms with Gasteiger partial charge in [0.2, 0.25) is 9.05 Å². The van der Waals surface area contributed by atoms with Crippen LogP contribution in [-0.2, 0) is 28.0 Å². The van der Waals surface area contributed by atoms with Crippen molar-refractivity contribution in [1.29, 1.82) is 0 Å². The largest absolute Gasteiger partial charge is 0.489 e. The van der Waals surface area contributed by atoms with Gasteiger partial charge in [-0.2, -0.15) is 0 Å². The summed E-state index contributed by atoms with van der Waals surface area (Å²) in [6.07, 6.45) is 0. The lowest BCUT2D eigenvalue weighted by molar-refractivity contribution is 0.289. The van der Waals surface area contributed by atoms with Gasteiger partial charge in [0.25, 0.3) is 0 Å². The first-order valence-corrected chi connectivity index (χ1v) is 10.9. The van der Waals surface area contributed by atoms with Crippen molar-refractivity contribution in [3.05, 3.63) is 95.6 Å². The van der Waals surface area contributed by atoms with Crippen LogP contribution in [0.2, 0.25) is 0 Å². The fraction of sp³-hybridized carbons (Fsp3) is 0.143. The molecular formula is C21H19ClO4S. The van der Waals surface area contributed by atoms with Crippen LogP contribution >= 0.6 is 10.7 Å². The molecule has 3 aromatic rings. The number of halogens is 1. The van der Waals surface area contributed by atoms with Gasteiger partial charge in [0.1, 0.15) is 24.7 Å². The molecule has 0 saturated carbocycles. The summed E-state index contributed by atoms with van der Waals surface area (Å²) >= 11 is 0. The molecule has 0 unspecified atom stereocenters. The topological polar surface area (TPSA) is 52.6 Å². The predicted molar refractivity (Wildman–Crippen MR) is 106 cm³/mol. The van der Waals surface area contributed by atoms with Gasteiger partial charge in [0.05, 0.1) is 5.75 Å². The Morgan fingerprint density at radius 3 is 1.52 bits per heavy atom. The minimum absolute atomic E-state index is 0.293. The maximum Gasteiger partial charge on any atom is 0.236 e. The highest BCUT2D eigenvalue weighted by molar-refractivity contribution is 8.13. The molecule has 0 spiro atoms. The lowest BCUT2D eigenvalue weighted by Gasteiger charge is -2.12. The van der Waals surface area contributed by atoms with Crippen molar-refractivity contribution in [3.8, 4) is 11.5 Å². The van der Waals surface area contributed by atoms with Gasteiger partial charge in [0, 0.05) is 16.7 Å². The molecule has 0 aliphatic carbocycles. The van der Waals surface area contributed by atoms with Crippen molar-refractivity contribution in [2.24, 2.45) is 0 Å². The van der Waals surface area contributed by atoms with Gasteiger partial charge in [-0.3, -0.25) is 0 Å². The number of benzene rings is 3. The Morgan fingerprint density at radius 1 is 0.667 bits per heavy atom. The third-order valence-corrected chi connectivity index (χ3v) is 4.78. The van der Waals surface area contributed by atoms with E-state index in [4.69, 9.17) is 20.2 Å². The molecule has 0 aliphatic heterocycles. The number of ether oxygens (including phenoxy) is 2. The zero-order chi connectivity index (χ0) is 19.1. The van der Waals surface area contributed by atoms with E-state index in [-0.39, 0.29) is 5.75 Å². The van der Waals surface area contributed by atoms with Crippen molar-refractivity contribution in [2.45, 2.75) is 19.0 Å². The third-order valence-electron chi connectivity index (χ3n) is 3.78. The Balaban J connectivity index is 1.77. The summed E-state index contributed by atoms with van der Waals surface area (Å²) in [5.74, 6) is 0.762. The van der Waals surface area contributed by atoms with Gasteiger partial charge >= 0.3 is 0 Å². The van der Waals surface area contributed by atoms with Crippen LogP contribution in [-0.4, -0.2) is 8.42 Å². The SMILES string of the molecule is O=S(=O)(Cl)Cc1cc(OCc2ccccc2)cc(OCc2ccccc2)c1. The van der Waals surface area contributed by atoms with E-state index in [2.05, 4.69) is 0 Å². The first-order valence-electron chi connectivity index (χ1n) is 8.38. The van der Waals surface area contributed by atoms with Gasteiger partial charge in [-0.15, -0.1) is 0 Å². The average Bonchev–Trinajstić information content (AvgIpc) is 2.65. The minimum Gasteiger partial charge on any atom is -0.489 e. The lowest BCUT2D eigenvalue weighted by atomic mass is 10.2. The van der Waals surface area contributed by atoms with Crippen molar-refractivity contribution in [3.63, 3.8) is 0 Å². The third kappa shape index (κ3) is 6.62. The summed E-state index contributed by atoms with van der Waals surface area (Å²) in [6.45, 7) is 0.742. The summed E-state index contributed by atoms with van der Waals surface area (Å²) in [6, 6.07) is 24.5. The molecule has 6 heteroatoms. The van der Waals surface area contributed by atoms with Gasteiger partial charge in [-0.05, 0) is 28.8 Å². The van der Waals surface area contributed by atoms with E-state index >= 15 is 0 Å². The molecule has 27 heavy (non-hydrogen) atoms. The molecule has 0 aromatic heterocycles. The van der Waals surface area contributed by atoms with Crippen molar-refractivity contribution in [1.82, 2.24) is 0 Å². The van der Waals surface area contributed by atoms with E-state index in [1.54, 1.807) is 18.2 Å². The highest BCUT2D eigenvalue weighted by Gasteiger charge is 2.11. The summed E-state index contributed by atoms with van der Waals surface area (Å²) < 4.78 is 34.6. The van der Waals surface area contributed by atoms with E-state index in [1.165, 1.54) is 0 Å². The van der Waals surface area contributed by atoms with E-state index in [1.807, 2.05) is 60.7 Å². The monoisotopic (exact) mass is 402 g/mol. The normalized spacial score (nSPS) is 11.1. The van der Waals surface area contributed by atoms with E-state index in [9.17, 15) is 8.42 Å². The minimum atomic E-state index is -3.68. The van der Waals surface area contributed by atoms with Crippen LogP contribution in [0.15, 0.2) is 78.9 Å². The van der Waals surface area contributed by atoms with Gasteiger partial charge < -0.3 is 9.47 Å². The molecule has 0 amide bonds. The number of hydrogen-bond acceptors (Lipinski definition) is 4. The molecule has 0 aliphatic rings. The van der Waals surface area contributed by atoms with Crippen LogP contribution in [0.4, 0.5) is 0 Å². The number of rotatable bonds is 8. The molecule has 4 nitrogen and oxygen atoms in total. The molecule has 0 bridgehead atoms. The maximum absolute atomic E-state index is 11.5. The molecule has 140 valence electrons. The Hall–Kier alpha value is -2.50. The molecule has 0 saturated heterocycles. The summed E-state index contributed by atoms with van der Waals surface area (Å²) in [5.41, 5.74) is 2.54. The maximum atomic E-state index is 11.5. The van der Waals surface area contributed by atoms with Gasteiger partial charge in [-0.25, -0.2) is 8.42 Å². The second-order valence-electron chi connectivity index (χ2n) is 6.04. The van der Waals surface area contributed by atoms with Crippen LogP contribution in [0.5, 0.6) is 11.5 Å². The Bertz CT molecular complexity index is 912. The first kappa shape index (κ1) is 19.3. The lowest BCUT2D eigenvalue weighted by Crippen LogP contribution is -2.01. The summed E-state index contributed by atoms with van der Waals surface area (Å²) in [5, 5.41) is 0. The highest BCUT2D eigenvalue weighted by Crippen LogP contribution is 2.26. The smallest absolute Gasteiger partial charge is 0.236 e. The van der Waals surface area contributed by atoms with E-state index < -0.39 is 9.05 Å². The number of hydrogen-bond donors (Lipinski definition) is 0. The molecule has 0 heterocycles. The molecule has 3 rings (SSSR count). The van der Waals surface area contributed by atoms with Crippen molar-refractivity contribution >= 4 is 19.7 Å². The van der Waals surface area contributed by atoms with Crippen LogP contribution in [0.25, 0.3) is 0 Å². The molecular weight excluding hydrogens is 384 g/mol. The fourth-order valence-electron chi connectivity index (χ4n) is 2.56. The molecule has 3 aromatic carbocycles. The highest BCUT2D eigenvalue weighted by atomic mass is 35.7. The van der Waals surface area contributed by atoms with Crippen LogP contribution in [0, 0.1) is 0 Å². The standard InChI is InChI=1S/C21H19ClO4S/c22-27(23,24)16-19-11-20(25-14-17-7-3-1-4-8-17)13-21(12-19)26-15-18-9-5-2-6-10-18/h1-13H,14-16H2. The Morgan fingerprint density at radius 2 is 1.11 bits per heavy atom.